The van der Waals surface area contributed by atoms with Gasteiger partial charge in [0.2, 0.25) is 0 Å². The van der Waals surface area contributed by atoms with Crippen LogP contribution in [0, 0.1) is 28.6 Å². The molecule has 2 saturated carbocycles. The lowest BCUT2D eigenvalue weighted by molar-refractivity contribution is -0.172. The van der Waals surface area contributed by atoms with Crippen LogP contribution in [0.3, 0.4) is 0 Å². The Labute approximate surface area is 168 Å². The van der Waals surface area contributed by atoms with E-state index in [-0.39, 0.29) is 21.6 Å². The second kappa shape index (κ2) is 6.58. The van der Waals surface area contributed by atoms with E-state index in [0.717, 1.165) is 24.6 Å². The molecule has 144 valence electrons. The zero-order valence-corrected chi connectivity index (χ0v) is 18.8. The third-order valence-corrected chi connectivity index (χ3v) is 10.1. The first-order valence-electron chi connectivity index (χ1n) is 9.51. The van der Waals surface area contributed by atoms with Crippen LogP contribution in [-0.2, 0) is 0 Å². The smallest absolute Gasteiger partial charge is 0.0948 e. The quantitative estimate of drug-likeness (QED) is 0.414. The highest BCUT2D eigenvalue weighted by Crippen LogP contribution is 2.66. The van der Waals surface area contributed by atoms with E-state index in [1.165, 1.54) is 5.57 Å². The molecule has 0 bridgehead atoms. The summed E-state index contributed by atoms with van der Waals surface area (Å²) in [6.07, 6.45) is 4.18. The molecule has 8 atom stereocenters. The summed E-state index contributed by atoms with van der Waals surface area (Å²) in [5.74, 6) is 0.671. The molecule has 0 heterocycles. The van der Waals surface area contributed by atoms with Crippen LogP contribution in [-0.4, -0.2) is 43.3 Å². The number of hydrogen-bond acceptors (Lipinski definition) is 3. The summed E-state index contributed by atoms with van der Waals surface area (Å²) in [6, 6.07) is 0. The van der Waals surface area contributed by atoms with Gasteiger partial charge in [-0.2, -0.15) is 0 Å². The molecule has 3 aliphatic carbocycles. The first-order valence-corrected chi connectivity index (χ1v) is 11.5. The molecule has 3 nitrogen and oxygen atoms in total. The van der Waals surface area contributed by atoms with Gasteiger partial charge in [0.25, 0.3) is 0 Å². The summed E-state index contributed by atoms with van der Waals surface area (Å²) in [7, 11) is 0. The van der Waals surface area contributed by atoms with Gasteiger partial charge in [0.05, 0.1) is 17.8 Å². The summed E-state index contributed by atoms with van der Waals surface area (Å²) < 4.78 is 0. The molecule has 0 spiro atoms. The maximum Gasteiger partial charge on any atom is 0.0948 e. The molecule has 0 aromatic carbocycles. The summed E-state index contributed by atoms with van der Waals surface area (Å²) in [6.45, 7) is 8.50. The van der Waals surface area contributed by atoms with Crippen molar-refractivity contribution in [3.8, 4) is 0 Å². The molecule has 0 aliphatic heterocycles. The van der Waals surface area contributed by atoms with Gasteiger partial charge in [-0.1, -0.05) is 64.3 Å². The van der Waals surface area contributed by atoms with E-state index in [1.807, 2.05) is 6.08 Å². The molecule has 3 aliphatic rings. The summed E-state index contributed by atoms with van der Waals surface area (Å²) in [5.41, 5.74) is -0.190. The fourth-order valence-corrected chi connectivity index (χ4v) is 8.08. The molecule has 8 unspecified atom stereocenters. The van der Waals surface area contributed by atoms with Crippen LogP contribution in [0.15, 0.2) is 11.6 Å². The molecule has 0 saturated heterocycles. The van der Waals surface area contributed by atoms with Crippen molar-refractivity contribution in [1.82, 2.24) is 0 Å². The van der Waals surface area contributed by atoms with Gasteiger partial charge in [-0.05, 0) is 49.9 Å². The third kappa shape index (κ3) is 2.83. The van der Waals surface area contributed by atoms with Crippen LogP contribution >= 0.6 is 31.9 Å². The number of aliphatic hydroxyl groups excluding tert-OH is 2. The Morgan fingerprint density at radius 1 is 1.20 bits per heavy atom. The minimum atomic E-state index is -1.18. The molecule has 0 aromatic heterocycles. The van der Waals surface area contributed by atoms with E-state index >= 15 is 0 Å². The van der Waals surface area contributed by atoms with Gasteiger partial charge < -0.3 is 15.3 Å². The first-order chi connectivity index (χ1) is 11.5. The van der Waals surface area contributed by atoms with E-state index in [9.17, 15) is 15.3 Å². The normalized spacial score (nSPS) is 53.2. The summed E-state index contributed by atoms with van der Waals surface area (Å²) >= 11 is 7.62. The first kappa shape index (κ1) is 20.3. The van der Waals surface area contributed by atoms with Gasteiger partial charge in [0.1, 0.15) is 0 Å². The molecule has 3 N–H and O–H groups in total. The maximum atomic E-state index is 11.4. The maximum absolute atomic E-state index is 11.4. The fourth-order valence-electron chi connectivity index (χ4n) is 6.22. The van der Waals surface area contributed by atoms with Crippen molar-refractivity contribution in [3.63, 3.8) is 0 Å². The van der Waals surface area contributed by atoms with Gasteiger partial charge in [0.15, 0.2) is 0 Å². The van der Waals surface area contributed by atoms with Crippen LogP contribution < -0.4 is 0 Å². The van der Waals surface area contributed by atoms with Crippen molar-refractivity contribution in [2.45, 2.75) is 76.0 Å². The molecular weight excluding hydrogens is 448 g/mol. The zero-order chi connectivity index (χ0) is 18.8. The largest absolute Gasteiger partial charge is 0.390 e. The Balaban J connectivity index is 2.19. The van der Waals surface area contributed by atoms with Crippen LogP contribution in [0.4, 0.5) is 0 Å². The molecule has 0 radical (unpaired) electrons. The van der Waals surface area contributed by atoms with Crippen LogP contribution in [0.5, 0.6) is 0 Å². The highest BCUT2D eigenvalue weighted by Gasteiger charge is 2.65. The zero-order valence-electron chi connectivity index (χ0n) is 15.7. The second-order valence-electron chi connectivity index (χ2n) is 9.45. The number of rotatable bonds is 2. The SMILES string of the molecule is CC(C)C1CC(O)C=C2C3C(C)(O)C(O)CC(Br)C3(C)CCC21CBr. The number of hydrogen-bond donors (Lipinski definition) is 3. The topological polar surface area (TPSA) is 60.7 Å². The fraction of sp³-hybridized carbons (Fsp3) is 0.900. The van der Waals surface area contributed by atoms with E-state index in [4.69, 9.17) is 0 Å². The number of aliphatic hydroxyl groups is 3. The van der Waals surface area contributed by atoms with Crippen molar-refractivity contribution in [1.29, 1.82) is 0 Å². The highest BCUT2D eigenvalue weighted by molar-refractivity contribution is 9.09. The van der Waals surface area contributed by atoms with E-state index in [1.54, 1.807) is 6.92 Å². The average Bonchev–Trinajstić information content (AvgIpc) is 2.52. The van der Waals surface area contributed by atoms with Crippen molar-refractivity contribution >= 4 is 31.9 Å². The monoisotopic (exact) mass is 478 g/mol. The minimum Gasteiger partial charge on any atom is -0.390 e. The molecule has 5 heteroatoms. The number of fused-ring (bicyclic) bond motifs is 3. The Hall–Kier alpha value is 0.580. The Morgan fingerprint density at radius 2 is 1.84 bits per heavy atom. The molecule has 0 aromatic rings. The van der Waals surface area contributed by atoms with Gasteiger partial charge >= 0.3 is 0 Å². The second-order valence-corrected chi connectivity index (χ2v) is 11.1. The molecule has 3 rings (SSSR count). The van der Waals surface area contributed by atoms with Crippen molar-refractivity contribution in [2.24, 2.45) is 28.6 Å². The van der Waals surface area contributed by atoms with Crippen molar-refractivity contribution < 1.29 is 15.3 Å². The Kier molecular flexibility index (Phi) is 5.35. The van der Waals surface area contributed by atoms with Crippen LogP contribution in [0.1, 0.15) is 53.4 Å². The average molecular weight is 480 g/mol. The lowest BCUT2D eigenvalue weighted by Crippen LogP contribution is -2.66. The molecule has 2 fully saturated rings. The predicted molar refractivity (Wildman–Crippen MR) is 108 cm³/mol. The van der Waals surface area contributed by atoms with Gasteiger partial charge in [0, 0.05) is 21.5 Å². The van der Waals surface area contributed by atoms with Crippen molar-refractivity contribution in [2.75, 3.05) is 5.33 Å². The van der Waals surface area contributed by atoms with E-state index in [2.05, 4.69) is 52.6 Å². The summed E-state index contributed by atoms with van der Waals surface area (Å²) in [4.78, 5) is 0.158. The third-order valence-electron chi connectivity index (χ3n) is 7.68. The van der Waals surface area contributed by atoms with Crippen LogP contribution in [0.2, 0.25) is 0 Å². The van der Waals surface area contributed by atoms with Crippen molar-refractivity contribution in [3.05, 3.63) is 11.6 Å². The lowest BCUT2D eigenvalue weighted by atomic mass is 9.44. The highest BCUT2D eigenvalue weighted by atomic mass is 79.9. The standard InChI is InChI=1S/C20H32Br2O3/c1-11(2)13-7-12(23)8-14-17-18(3,5-6-20(13,14)10-21)15(22)9-16(24)19(17,4)25/h8,11-13,15-17,23-25H,5-7,9-10H2,1-4H3. The van der Waals surface area contributed by atoms with E-state index < -0.39 is 17.8 Å². The number of halogens is 2. The van der Waals surface area contributed by atoms with Gasteiger partial charge in [-0.25, -0.2) is 0 Å². The lowest BCUT2D eigenvalue weighted by Gasteiger charge is -2.64. The van der Waals surface area contributed by atoms with Gasteiger partial charge in [-0.15, -0.1) is 0 Å². The Bertz CT molecular complexity index is 561. The minimum absolute atomic E-state index is 0.0503. The summed E-state index contributed by atoms with van der Waals surface area (Å²) in [5, 5.41) is 33.5. The molecular formula is C20H32Br2O3. The predicted octanol–water partition coefficient (Wildman–Crippen LogP) is 4.03. The van der Waals surface area contributed by atoms with Crippen LogP contribution in [0.25, 0.3) is 0 Å². The number of alkyl halides is 2. The molecule has 0 amide bonds. The molecule has 25 heavy (non-hydrogen) atoms. The Morgan fingerprint density at radius 3 is 2.40 bits per heavy atom. The van der Waals surface area contributed by atoms with E-state index in [0.29, 0.717) is 18.3 Å². The van der Waals surface area contributed by atoms with Gasteiger partial charge in [-0.3, -0.25) is 0 Å².